The van der Waals surface area contributed by atoms with Crippen LogP contribution in [0.2, 0.25) is 0 Å². The van der Waals surface area contributed by atoms with Gasteiger partial charge in [0.2, 0.25) is 5.91 Å². The Balaban J connectivity index is 1.74. The van der Waals surface area contributed by atoms with Crippen LogP contribution in [-0.2, 0) is 23.7 Å². The molecule has 0 radical (unpaired) electrons. The van der Waals surface area contributed by atoms with E-state index in [-0.39, 0.29) is 18.9 Å². The summed E-state index contributed by atoms with van der Waals surface area (Å²) >= 11 is 0. The van der Waals surface area contributed by atoms with Gasteiger partial charge in [0.15, 0.2) is 12.6 Å². The van der Waals surface area contributed by atoms with Gasteiger partial charge in [-0.05, 0) is 109 Å². The van der Waals surface area contributed by atoms with Crippen LogP contribution in [0.25, 0.3) is 0 Å². The molecule has 0 aromatic carbocycles. The smallest absolute Gasteiger partial charge is 0.220 e. The summed E-state index contributed by atoms with van der Waals surface area (Å²) < 4.78 is 22.7. The third-order valence-corrected chi connectivity index (χ3v) is 13.5. The van der Waals surface area contributed by atoms with Crippen LogP contribution in [0.3, 0.4) is 0 Å². The Morgan fingerprint density at radius 3 is 1.38 bits per heavy atom. The first-order chi connectivity index (χ1) is 39.1. The normalized spacial score (nSPS) is 25.3. The van der Waals surface area contributed by atoms with Gasteiger partial charge in [-0.15, -0.1) is 0 Å². The molecular formula is C66H105NO13. The lowest BCUT2D eigenvalue weighted by molar-refractivity contribution is -0.359. The van der Waals surface area contributed by atoms with Crippen molar-refractivity contribution in [2.24, 2.45) is 0 Å². The zero-order valence-corrected chi connectivity index (χ0v) is 48.5. The lowest BCUT2D eigenvalue weighted by Gasteiger charge is -2.46. The Morgan fingerprint density at radius 2 is 0.875 bits per heavy atom. The van der Waals surface area contributed by atoms with Crippen molar-refractivity contribution in [2.75, 3.05) is 19.8 Å². The van der Waals surface area contributed by atoms with Crippen molar-refractivity contribution in [2.45, 2.75) is 242 Å². The van der Waals surface area contributed by atoms with Gasteiger partial charge in [0, 0.05) is 6.42 Å². The molecule has 0 spiro atoms. The summed E-state index contributed by atoms with van der Waals surface area (Å²) in [5, 5.41) is 86.9. The number of aliphatic hydroxyl groups is 8. The summed E-state index contributed by atoms with van der Waals surface area (Å²) in [6.07, 6.45) is 57.5. The first-order valence-corrected chi connectivity index (χ1v) is 30.1. The predicted molar refractivity (Wildman–Crippen MR) is 322 cm³/mol. The summed E-state index contributed by atoms with van der Waals surface area (Å²) in [7, 11) is 0. The van der Waals surface area contributed by atoms with Crippen molar-refractivity contribution in [1.29, 1.82) is 0 Å². The Labute approximate surface area is 481 Å². The van der Waals surface area contributed by atoms with E-state index in [1.165, 1.54) is 44.9 Å². The topological polar surface area (TPSA) is 228 Å². The van der Waals surface area contributed by atoms with Gasteiger partial charge < -0.3 is 65.1 Å². The number of hydrogen-bond donors (Lipinski definition) is 9. The van der Waals surface area contributed by atoms with E-state index in [1.54, 1.807) is 6.08 Å². The lowest BCUT2D eigenvalue weighted by atomic mass is 9.97. The molecule has 0 aromatic rings. The van der Waals surface area contributed by atoms with Crippen molar-refractivity contribution < 1.29 is 64.6 Å². The Kier molecular flexibility index (Phi) is 44.5. The third-order valence-electron chi connectivity index (χ3n) is 13.5. The van der Waals surface area contributed by atoms with E-state index in [0.29, 0.717) is 12.8 Å². The van der Waals surface area contributed by atoms with Crippen molar-refractivity contribution >= 4 is 5.91 Å². The maximum absolute atomic E-state index is 13.2. The summed E-state index contributed by atoms with van der Waals surface area (Å²) in [5.41, 5.74) is 0. The molecule has 9 N–H and O–H groups in total. The highest BCUT2D eigenvalue weighted by molar-refractivity contribution is 5.76. The van der Waals surface area contributed by atoms with E-state index >= 15 is 0 Å². The minimum atomic E-state index is -1.80. The number of ether oxygens (including phenoxy) is 4. The number of nitrogens with one attached hydrogen (secondary N) is 1. The molecule has 0 saturated carbocycles. The third kappa shape index (κ3) is 34.3. The molecule has 14 heteroatoms. The molecule has 452 valence electrons. The Hall–Kier alpha value is -4.13. The molecule has 2 rings (SSSR count). The van der Waals surface area contributed by atoms with Gasteiger partial charge in [-0.25, -0.2) is 0 Å². The molecule has 2 aliphatic rings. The minimum absolute atomic E-state index is 0.207. The van der Waals surface area contributed by atoms with Crippen LogP contribution in [-0.4, -0.2) is 140 Å². The van der Waals surface area contributed by atoms with E-state index in [0.717, 1.165) is 89.9 Å². The van der Waals surface area contributed by atoms with Gasteiger partial charge in [0.05, 0.1) is 32.0 Å². The summed E-state index contributed by atoms with van der Waals surface area (Å²) in [4.78, 5) is 13.2. The fourth-order valence-electron chi connectivity index (χ4n) is 8.68. The molecule has 0 aliphatic carbocycles. The lowest BCUT2D eigenvalue weighted by Crippen LogP contribution is -2.65. The van der Waals surface area contributed by atoms with Gasteiger partial charge in [0.1, 0.15) is 48.8 Å². The number of hydrogen-bond acceptors (Lipinski definition) is 13. The van der Waals surface area contributed by atoms with Gasteiger partial charge in [-0.3, -0.25) is 4.79 Å². The SMILES string of the molecule is CC/C=C\C/C=C\C/C=C\C/C=C\C/C=C\C/C=C\C/C=C\C/C=C\C/C=C\C/C=C\CCCCC(=O)NC(COC1OC(CO)C(OC2OC(CO)C(O)C(O)C2O)C(O)C1O)C(O)/C=C/CC/C=C/CCCCCCCCC. The Bertz CT molecular complexity index is 1900. The van der Waals surface area contributed by atoms with E-state index in [9.17, 15) is 45.6 Å². The average molecular weight is 1120 g/mol. The summed E-state index contributed by atoms with van der Waals surface area (Å²) in [5.74, 6) is -0.300. The standard InChI is InChI=1S/C66H105NO13/c1-3-5-7-9-11-13-15-17-18-19-20-21-22-23-24-25-26-27-28-29-30-31-32-33-34-35-36-38-40-42-44-46-48-50-58(71)67-54(55(70)49-47-45-43-41-39-37-16-14-12-10-8-6-4-2)53-77-65-63(76)61(74)64(57(52-69)79-65)80-66-62(75)60(73)59(72)56(51-68)78-66/h5,7,11,13,17-18,20-21,23-24,26-27,29-30,32-33,35-36,39-42,47,49,54-57,59-66,68-70,72-76H,3-4,6,8-10,12,14-16,19,22,25,28,31,34,37-38,43-46,48,50-53H2,1-2H3,(H,67,71)/b7-5-,13-11-,18-17-,21-20-,24-23-,27-26-,30-29-,33-32-,36-35-,41-39+,42-40-,49-47+. The number of allylic oxidation sites excluding steroid dienone is 23. The first kappa shape index (κ1) is 72.0. The zero-order valence-electron chi connectivity index (χ0n) is 48.5. The van der Waals surface area contributed by atoms with Crippen LogP contribution < -0.4 is 5.32 Å². The minimum Gasteiger partial charge on any atom is -0.394 e. The van der Waals surface area contributed by atoms with E-state index in [1.807, 2.05) is 6.08 Å². The molecule has 1 amide bonds. The number of rotatable bonds is 45. The highest BCUT2D eigenvalue weighted by Crippen LogP contribution is 2.30. The maximum Gasteiger partial charge on any atom is 0.220 e. The fraction of sp³-hybridized carbons (Fsp3) is 0.621. The maximum atomic E-state index is 13.2. The highest BCUT2D eigenvalue weighted by atomic mass is 16.7. The van der Waals surface area contributed by atoms with Gasteiger partial charge in [-0.1, -0.05) is 198 Å². The van der Waals surface area contributed by atoms with E-state index in [4.69, 9.17) is 18.9 Å². The van der Waals surface area contributed by atoms with Crippen LogP contribution in [0, 0.1) is 0 Å². The van der Waals surface area contributed by atoms with Gasteiger partial charge >= 0.3 is 0 Å². The van der Waals surface area contributed by atoms with Crippen molar-refractivity contribution in [1.82, 2.24) is 5.32 Å². The van der Waals surface area contributed by atoms with Crippen LogP contribution in [0.4, 0.5) is 0 Å². The monoisotopic (exact) mass is 1120 g/mol. The average Bonchev–Trinajstić information content (AvgIpc) is 3.49. The molecule has 14 nitrogen and oxygen atoms in total. The molecule has 12 unspecified atom stereocenters. The second-order valence-electron chi connectivity index (χ2n) is 20.4. The van der Waals surface area contributed by atoms with E-state index in [2.05, 4.69) is 153 Å². The predicted octanol–water partition coefficient (Wildman–Crippen LogP) is 10.5. The summed E-state index contributed by atoms with van der Waals surface area (Å²) in [6.45, 7) is 2.59. The summed E-state index contributed by atoms with van der Waals surface area (Å²) in [6, 6.07) is -0.966. The second kappa shape index (κ2) is 49.5. The second-order valence-corrected chi connectivity index (χ2v) is 20.4. The van der Waals surface area contributed by atoms with Crippen LogP contribution in [0.15, 0.2) is 146 Å². The number of carbonyl (C=O) groups is 1. The number of amides is 1. The molecule has 2 aliphatic heterocycles. The molecule has 0 aromatic heterocycles. The largest absolute Gasteiger partial charge is 0.394 e. The molecular weight excluding hydrogens is 1010 g/mol. The van der Waals surface area contributed by atoms with Crippen LogP contribution in [0.5, 0.6) is 0 Å². The van der Waals surface area contributed by atoms with Crippen molar-refractivity contribution in [3.63, 3.8) is 0 Å². The highest BCUT2D eigenvalue weighted by Gasteiger charge is 2.51. The molecule has 2 fully saturated rings. The number of carbonyl (C=O) groups excluding carboxylic acids is 1. The molecule has 12 atom stereocenters. The molecule has 2 saturated heterocycles. The van der Waals surface area contributed by atoms with Crippen LogP contribution in [0.1, 0.15) is 168 Å². The first-order valence-electron chi connectivity index (χ1n) is 30.1. The quantitative estimate of drug-likeness (QED) is 0.0205. The molecule has 2 heterocycles. The fourth-order valence-corrected chi connectivity index (χ4v) is 8.68. The molecule has 0 bridgehead atoms. The Morgan fingerprint density at radius 1 is 0.463 bits per heavy atom. The zero-order chi connectivity index (χ0) is 58.1. The van der Waals surface area contributed by atoms with Gasteiger partial charge in [-0.2, -0.15) is 0 Å². The van der Waals surface area contributed by atoms with Gasteiger partial charge in [0.25, 0.3) is 0 Å². The number of aliphatic hydroxyl groups excluding tert-OH is 8. The van der Waals surface area contributed by atoms with E-state index < -0.39 is 86.8 Å². The van der Waals surface area contributed by atoms with Crippen molar-refractivity contribution in [3.8, 4) is 0 Å². The molecule has 80 heavy (non-hydrogen) atoms. The van der Waals surface area contributed by atoms with Crippen LogP contribution >= 0.6 is 0 Å². The van der Waals surface area contributed by atoms with Crippen molar-refractivity contribution in [3.05, 3.63) is 146 Å². The number of unbranched alkanes of at least 4 members (excludes halogenated alkanes) is 10.